The molecule has 1 nitrogen and oxygen atoms in total. The minimum Gasteiger partial charge on any atom is -0.298 e. The highest BCUT2D eigenvalue weighted by Crippen LogP contribution is 2.61. The second-order valence-corrected chi connectivity index (χ2v) is 5.87. The fourth-order valence-corrected chi connectivity index (χ4v) is 2.94. The molecule has 0 bridgehead atoms. The highest BCUT2D eigenvalue weighted by atomic mass is 79.9. The van der Waals surface area contributed by atoms with Crippen molar-refractivity contribution in [2.24, 2.45) is 17.3 Å². The van der Waals surface area contributed by atoms with E-state index in [0.29, 0.717) is 5.41 Å². The van der Waals surface area contributed by atoms with E-state index in [1.165, 1.54) is 13.1 Å². The molecule has 2 heteroatoms. The first-order valence-corrected chi connectivity index (χ1v) is 5.36. The Kier molecular flexibility index (Phi) is 1.89. The Hall–Kier alpha value is 0.180. The molecule has 1 saturated carbocycles. The summed E-state index contributed by atoms with van der Waals surface area (Å²) in [6.07, 6.45) is 0. The molecule has 1 aliphatic carbocycles. The molecule has 0 aromatic heterocycles. The second kappa shape index (κ2) is 2.58. The average molecular weight is 230 g/mol. The summed E-state index contributed by atoms with van der Waals surface area (Å²) in [5.41, 5.74) is 0.643. The number of halogens is 1. The molecule has 68 valence electrons. The van der Waals surface area contributed by atoms with Gasteiger partial charge in [-0.2, -0.15) is 0 Å². The maximum Gasteiger partial charge on any atom is 0.0294 e. The lowest BCUT2D eigenvalue weighted by molar-refractivity contribution is 0.280. The maximum absolute atomic E-state index is 3.87. The van der Waals surface area contributed by atoms with Crippen molar-refractivity contribution in [1.82, 2.24) is 4.90 Å². The van der Waals surface area contributed by atoms with Crippen molar-refractivity contribution in [1.29, 1.82) is 0 Å². The van der Waals surface area contributed by atoms with Crippen LogP contribution in [0.1, 0.15) is 13.8 Å². The minimum atomic E-state index is 0.643. The first kappa shape index (κ1) is 8.76. The van der Waals surface area contributed by atoms with Gasteiger partial charge in [-0.1, -0.05) is 36.4 Å². The summed E-state index contributed by atoms with van der Waals surface area (Å²) in [4.78, 5) is 2.50. The summed E-state index contributed by atoms with van der Waals surface area (Å²) >= 11 is 3.41. The van der Waals surface area contributed by atoms with Gasteiger partial charge in [0.1, 0.15) is 0 Å². The van der Waals surface area contributed by atoms with E-state index in [-0.39, 0.29) is 0 Å². The van der Waals surface area contributed by atoms with Gasteiger partial charge in [-0.05, 0) is 17.3 Å². The number of nitrogens with zero attached hydrogens (tertiary/aromatic N) is 1. The van der Waals surface area contributed by atoms with Crippen LogP contribution in [-0.4, -0.2) is 24.5 Å². The molecule has 2 fully saturated rings. The number of rotatable bonds is 2. The molecular weight excluding hydrogens is 214 g/mol. The standard InChI is InChI=1S/C10H16BrN/c1-7(11)4-12-5-8-9(6-12)10(8,2)3/h8-9H,1,4-6H2,2-3H3. The molecular formula is C10H16BrN. The summed E-state index contributed by atoms with van der Waals surface area (Å²) in [5, 5.41) is 0. The van der Waals surface area contributed by atoms with E-state index < -0.39 is 0 Å². The van der Waals surface area contributed by atoms with E-state index in [9.17, 15) is 0 Å². The Balaban J connectivity index is 1.86. The van der Waals surface area contributed by atoms with Gasteiger partial charge in [-0.15, -0.1) is 0 Å². The Bertz CT molecular complexity index is 208. The molecule has 0 aromatic rings. The van der Waals surface area contributed by atoms with Crippen LogP contribution in [0.2, 0.25) is 0 Å². The number of fused-ring (bicyclic) bond motifs is 1. The number of hydrogen-bond donors (Lipinski definition) is 0. The van der Waals surface area contributed by atoms with Gasteiger partial charge in [0.2, 0.25) is 0 Å². The average Bonchev–Trinajstić information content (AvgIpc) is 2.38. The lowest BCUT2D eigenvalue weighted by Gasteiger charge is -2.20. The van der Waals surface area contributed by atoms with Gasteiger partial charge < -0.3 is 0 Å². The smallest absolute Gasteiger partial charge is 0.0294 e. The van der Waals surface area contributed by atoms with Crippen LogP contribution in [0.3, 0.4) is 0 Å². The van der Waals surface area contributed by atoms with E-state index in [0.717, 1.165) is 22.9 Å². The second-order valence-electron chi connectivity index (χ2n) is 4.75. The Morgan fingerprint density at radius 1 is 1.50 bits per heavy atom. The Morgan fingerprint density at radius 2 is 2.00 bits per heavy atom. The lowest BCUT2D eigenvalue weighted by atomic mass is 10.1. The van der Waals surface area contributed by atoms with Crippen LogP contribution < -0.4 is 0 Å². The van der Waals surface area contributed by atoms with Crippen molar-refractivity contribution >= 4 is 15.9 Å². The van der Waals surface area contributed by atoms with Gasteiger partial charge >= 0.3 is 0 Å². The predicted molar refractivity (Wildman–Crippen MR) is 55.3 cm³/mol. The molecule has 0 N–H and O–H groups in total. The third-order valence-electron chi connectivity index (χ3n) is 3.59. The summed E-state index contributed by atoms with van der Waals surface area (Å²) in [6, 6.07) is 0. The molecule has 0 radical (unpaired) electrons. The van der Waals surface area contributed by atoms with Crippen LogP contribution in [0, 0.1) is 17.3 Å². The van der Waals surface area contributed by atoms with Crippen molar-refractivity contribution in [3.63, 3.8) is 0 Å². The Labute approximate surface area is 82.9 Å². The fraction of sp³-hybridized carbons (Fsp3) is 0.800. The third kappa shape index (κ3) is 1.25. The first-order valence-electron chi connectivity index (χ1n) is 4.57. The SMILES string of the molecule is C=C(Br)CN1CC2C(C1)C2(C)C. The summed E-state index contributed by atoms with van der Waals surface area (Å²) in [6.45, 7) is 12.2. The zero-order chi connectivity index (χ0) is 8.93. The van der Waals surface area contributed by atoms with Gasteiger partial charge in [-0.25, -0.2) is 0 Å². The van der Waals surface area contributed by atoms with E-state index in [4.69, 9.17) is 0 Å². The van der Waals surface area contributed by atoms with Crippen LogP contribution in [0.15, 0.2) is 11.1 Å². The molecule has 0 amide bonds. The third-order valence-corrected chi connectivity index (χ3v) is 3.84. The highest BCUT2D eigenvalue weighted by molar-refractivity contribution is 9.11. The normalized spacial score (nSPS) is 37.9. The van der Waals surface area contributed by atoms with Crippen LogP contribution in [0.4, 0.5) is 0 Å². The molecule has 0 aromatic carbocycles. The van der Waals surface area contributed by atoms with Crippen LogP contribution in [0.25, 0.3) is 0 Å². The fourth-order valence-electron chi connectivity index (χ4n) is 2.59. The van der Waals surface area contributed by atoms with E-state index >= 15 is 0 Å². The lowest BCUT2D eigenvalue weighted by Crippen LogP contribution is -2.27. The molecule has 0 spiro atoms. The summed E-state index contributed by atoms with van der Waals surface area (Å²) in [5.74, 6) is 1.92. The number of piperidine rings is 1. The molecule has 1 aliphatic heterocycles. The summed E-state index contributed by atoms with van der Waals surface area (Å²) in [7, 11) is 0. The van der Waals surface area contributed by atoms with Gasteiger partial charge in [0.05, 0.1) is 0 Å². The van der Waals surface area contributed by atoms with Crippen molar-refractivity contribution < 1.29 is 0 Å². The van der Waals surface area contributed by atoms with Crippen molar-refractivity contribution in [2.45, 2.75) is 13.8 Å². The van der Waals surface area contributed by atoms with Gasteiger partial charge in [0, 0.05) is 24.1 Å². The first-order chi connectivity index (χ1) is 5.51. The minimum absolute atomic E-state index is 0.643. The highest BCUT2D eigenvalue weighted by Gasteiger charge is 2.61. The number of hydrogen-bond acceptors (Lipinski definition) is 1. The van der Waals surface area contributed by atoms with Crippen LogP contribution in [-0.2, 0) is 0 Å². The van der Waals surface area contributed by atoms with Crippen LogP contribution in [0.5, 0.6) is 0 Å². The molecule has 1 heterocycles. The molecule has 12 heavy (non-hydrogen) atoms. The van der Waals surface area contributed by atoms with E-state index in [2.05, 4.69) is 41.3 Å². The molecule has 1 saturated heterocycles. The zero-order valence-corrected chi connectivity index (χ0v) is 9.39. The Morgan fingerprint density at radius 3 is 2.42 bits per heavy atom. The topological polar surface area (TPSA) is 3.24 Å². The van der Waals surface area contributed by atoms with Crippen LogP contribution >= 0.6 is 15.9 Å². The molecule has 2 atom stereocenters. The van der Waals surface area contributed by atoms with Gasteiger partial charge in [-0.3, -0.25) is 4.90 Å². The van der Waals surface area contributed by atoms with E-state index in [1.807, 2.05) is 0 Å². The van der Waals surface area contributed by atoms with Crippen molar-refractivity contribution in [3.05, 3.63) is 11.1 Å². The molecule has 2 rings (SSSR count). The predicted octanol–water partition coefficient (Wildman–Crippen LogP) is 2.48. The quantitative estimate of drug-likeness (QED) is 0.704. The van der Waals surface area contributed by atoms with Gasteiger partial charge in [0.25, 0.3) is 0 Å². The zero-order valence-electron chi connectivity index (χ0n) is 7.81. The maximum atomic E-state index is 3.87. The van der Waals surface area contributed by atoms with Gasteiger partial charge in [0.15, 0.2) is 0 Å². The number of likely N-dealkylation sites (tertiary alicyclic amines) is 1. The van der Waals surface area contributed by atoms with Crippen molar-refractivity contribution in [2.75, 3.05) is 19.6 Å². The summed E-state index contributed by atoms with van der Waals surface area (Å²) < 4.78 is 1.11. The van der Waals surface area contributed by atoms with E-state index in [1.54, 1.807) is 0 Å². The molecule has 2 aliphatic rings. The molecule has 2 unspecified atom stereocenters. The monoisotopic (exact) mass is 229 g/mol. The largest absolute Gasteiger partial charge is 0.298 e. The van der Waals surface area contributed by atoms with Crippen molar-refractivity contribution in [3.8, 4) is 0 Å².